The van der Waals surface area contributed by atoms with Crippen molar-refractivity contribution in [2.75, 3.05) is 41.0 Å². The highest BCUT2D eigenvalue weighted by molar-refractivity contribution is 5.54. The summed E-state index contributed by atoms with van der Waals surface area (Å²) in [5.41, 5.74) is 1.15. The van der Waals surface area contributed by atoms with Crippen molar-refractivity contribution in [2.45, 2.75) is 18.9 Å². The molecule has 1 aliphatic rings. The minimum absolute atomic E-state index is 0.254. The van der Waals surface area contributed by atoms with Crippen LogP contribution >= 0.6 is 0 Å². The van der Waals surface area contributed by atoms with Crippen LogP contribution in [0.2, 0.25) is 0 Å². The van der Waals surface area contributed by atoms with E-state index in [1.54, 1.807) is 21.3 Å². The van der Waals surface area contributed by atoms with Gasteiger partial charge in [0.15, 0.2) is 11.5 Å². The van der Waals surface area contributed by atoms with Gasteiger partial charge in [-0.05, 0) is 43.6 Å². The van der Waals surface area contributed by atoms with Gasteiger partial charge in [0.05, 0.1) is 21.3 Å². The molecule has 0 aliphatic carbocycles. The van der Waals surface area contributed by atoms with E-state index in [2.05, 4.69) is 10.6 Å². The van der Waals surface area contributed by atoms with Crippen LogP contribution in [0, 0.1) is 0 Å². The third kappa shape index (κ3) is 3.35. The first-order chi connectivity index (χ1) is 9.80. The summed E-state index contributed by atoms with van der Waals surface area (Å²) in [5.74, 6) is 2.04. The van der Waals surface area contributed by atoms with Crippen molar-refractivity contribution in [2.24, 2.45) is 0 Å². The molecule has 1 atom stereocenters. The standard InChI is InChI=1S/C15H24N2O3/c1-18-13-8-11(9-14(19-2)15(13)20-3)12-10-16-6-4-5-7-17-12/h8-9,12,16-17H,4-7,10H2,1-3H3. The second-order valence-electron chi connectivity index (χ2n) is 4.88. The molecule has 0 aromatic heterocycles. The van der Waals surface area contributed by atoms with E-state index < -0.39 is 0 Å². The third-order valence-corrected chi connectivity index (χ3v) is 3.61. The maximum Gasteiger partial charge on any atom is 0.203 e. The molecule has 0 amide bonds. The minimum Gasteiger partial charge on any atom is -0.493 e. The van der Waals surface area contributed by atoms with E-state index in [9.17, 15) is 0 Å². The predicted octanol–water partition coefficient (Wildman–Crippen LogP) is 1.73. The first kappa shape index (κ1) is 14.9. The van der Waals surface area contributed by atoms with Crippen LogP contribution in [0.25, 0.3) is 0 Å². The van der Waals surface area contributed by atoms with E-state index in [0.717, 1.165) is 25.2 Å². The Labute approximate surface area is 120 Å². The first-order valence-corrected chi connectivity index (χ1v) is 7.04. The zero-order chi connectivity index (χ0) is 14.4. The largest absolute Gasteiger partial charge is 0.493 e. The topological polar surface area (TPSA) is 51.8 Å². The highest BCUT2D eigenvalue weighted by Gasteiger charge is 2.19. The molecule has 0 radical (unpaired) electrons. The Morgan fingerprint density at radius 2 is 1.60 bits per heavy atom. The van der Waals surface area contributed by atoms with Crippen molar-refractivity contribution in [3.8, 4) is 17.2 Å². The molecule has 0 spiro atoms. The molecule has 1 heterocycles. The molecule has 2 N–H and O–H groups in total. The number of ether oxygens (including phenoxy) is 3. The average molecular weight is 280 g/mol. The third-order valence-electron chi connectivity index (χ3n) is 3.61. The highest BCUT2D eigenvalue weighted by Crippen LogP contribution is 2.39. The van der Waals surface area contributed by atoms with Gasteiger partial charge in [-0.2, -0.15) is 0 Å². The second-order valence-corrected chi connectivity index (χ2v) is 4.88. The lowest BCUT2D eigenvalue weighted by atomic mass is 10.0. The van der Waals surface area contributed by atoms with Crippen molar-refractivity contribution < 1.29 is 14.2 Å². The normalized spacial score (nSPS) is 19.9. The molecule has 5 heteroatoms. The number of rotatable bonds is 4. The Kier molecular flexibility index (Phi) is 5.49. The van der Waals surface area contributed by atoms with Crippen LogP contribution in [0.4, 0.5) is 0 Å². The van der Waals surface area contributed by atoms with E-state index in [-0.39, 0.29) is 6.04 Å². The number of hydrogen-bond donors (Lipinski definition) is 2. The van der Waals surface area contributed by atoms with Crippen molar-refractivity contribution in [3.05, 3.63) is 17.7 Å². The van der Waals surface area contributed by atoms with Crippen LogP contribution in [0.1, 0.15) is 24.4 Å². The van der Waals surface area contributed by atoms with Gasteiger partial charge in [0.2, 0.25) is 5.75 Å². The van der Waals surface area contributed by atoms with Gasteiger partial charge in [-0.25, -0.2) is 0 Å². The van der Waals surface area contributed by atoms with E-state index in [1.165, 1.54) is 12.8 Å². The van der Waals surface area contributed by atoms with Gasteiger partial charge in [-0.1, -0.05) is 0 Å². The summed E-state index contributed by atoms with van der Waals surface area (Å²) in [7, 11) is 4.91. The summed E-state index contributed by atoms with van der Waals surface area (Å²) in [6.07, 6.45) is 2.41. The van der Waals surface area contributed by atoms with Crippen LogP contribution in [0.5, 0.6) is 17.2 Å². The maximum atomic E-state index is 5.41. The number of hydrogen-bond acceptors (Lipinski definition) is 5. The fourth-order valence-electron chi connectivity index (χ4n) is 2.51. The van der Waals surface area contributed by atoms with Gasteiger partial charge >= 0.3 is 0 Å². The van der Waals surface area contributed by atoms with Gasteiger partial charge < -0.3 is 24.8 Å². The Bertz CT molecular complexity index is 404. The molecular formula is C15H24N2O3. The first-order valence-electron chi connectivity index (χ1n) is 7.04. The molecule has 1 saturated heterocycles. The van der Waals surface area contributed by atoms with Crippen LogP contribution in [0.15, 0.2) is 12.1 Å². The van der Waals surface area contributed by atoms with E-state index in [4.69, 9.17) is 14.2 Å². The fourth-order valence-corrected chi connectivity index (χ4v) is 2.51. The molecule has 112 valence electrons. The van der Waals surface area contributed by atoms with Crippen molar-refractivity contribution >= 4 is 0 Å². The lowest BCUT2D eigenvalue weighted by molar-refractivity contribution is 0.322. The van der Waals surface area contributed by atoms with Crippen molar-refractivity contribution in [1.82, 2.24) is 10.6 Å². The van der Waals surface area contributed by atoms with Gasteiger partial charge in [-0.15, -0.1) is 0 Å². The molecule has 0 saturated carbocycles. The zero-order valence-corrected chi connectivity index (χ0v) is 12.5. The lowest BCUT2D eigenvalue weighted by Crippen LogP contribution is -2.35. The molecule has 5 nitrogen and oxygen atoms in total. The molecule has 2 rings (SSSR count). The van der Waals surface area contributed by atoms with Crippen LogP contribution < -0.4 is 24.8 Å². The Morgan fingerprint density at radius 3 is 2.20 bits per heavy atom. The summed E-state index contributed by atoms with van der Waals surface area (Å²) in [6, 6.07) is 4.29. The van der Waals surface area contributed by atoms with Gasteiger partial charge in [0.25, 0.3) is 0 Å². The number of benzene rings is 1. The summed E-state index contributed by atoms with van der Waals surface area (Å²) < 4.78 is 16.2. The lowest BCUT2D eigenvalue weighted by Gasteiger charge is -2.24. The van der Waals surface area contributed by atoms with E-state index in [1.807, 2.05) is 12.1 Å². The van der Waals surface area contributed by atoms with E-state index >= 15 is 0 Å². The second kappa shape index (κ2) is 7.36. The average Bonchev–Trinajstić information content (AvgIpc) is 2.45. The molecular weight excluding hydrogens is 256 g/mol. The molecule has 1 aromatic carbocycles. The highest BCUT2D eigenvalue weighted by atomic mass is 16.5. The summed E-state index contributed by atoms with van der Waals surface area (Å²) in [4.78, 5) is 0. The van der Waals surface area contributed by atoms with Gasteiger partial charge in [-0.3, -0.25) is 0 Å². The quantitative estimate of drug-likeness (QED) is 0.879. The monoisotopic (exact) mass is 280 g/mol. The van der Waals surface area contributed by atoms with E-state index in [0.29, 0.717) is 17.2 Å². The fraction of sp³-hybridized carbons (Fsp3) is 0.600. The zero-order valence-electron chi connectivity index (χ0n) is 12.5. The summed E-state index contributed by atoms with van der Waals surface area (Å²) in [5, 5.41) is 7.03. The molecule has 1 fully saturated rings. The molecule has 0 bridgehead atoms. The SMILES string of the molecule is COc1cc(C2CNCCCCN2)cc(OC)c1OC. The van der Waals surface area contributed by atoms with Crippen molar-refractivity contribution in [1.29, 1.82) is 0 Å². The Morgan fingerprint density at radius 1 is 0.950 bits per heavy atom. The Hall–Kier alpha value is -1.46. The molecule has 1 aliphatic heterocycles. The number of nitrogens with one attached hydrogen (secondary N) is 2. The summed E-state index contributed by atoms with van der Waals surface area (Å²) in [6.45, 7) is 3.00. The predicted molar refractivity (Wildman–Crippen MR) is 78.9 cm³/mol. The Balaban J connectivity index is 2.29. The summed E-state index contributed by atoms with van der Waals surface area (Å²) >= 11 is 0. The van der Waals surface area contributed by atoms with Gasteiger partial charge in [0, 0.05) is 12.6 Å². The molecule has 1 unspecified atom stereocenters. The maximum absolute atomic E-state index is 5.41. The van der Waals surface area contributed by atoms with Crippen LogP contribution in [0.3, 0.4) is 0 Å². The van der Waals surface area contributed by atoms with Crippen LogP contribution in [-0.4, -0.2) is 41.0 Å². The van der Waals surface area contributed by atoms with Gasteiger partial charge in [0.1, 0.15) is 0 Å². The van der Waals surface area contributed by atoms with Crippen LogP contribution in [-0.2, 0) is 0 Å². The molecule has 1 aromatic rings. The minimum atomic E-state index is 0.254. The molecule has 20 heavy (non-hydrogen) atoms. The van der Waals surface area contributed by atoms with Crippen molar-refractivity contribution in [3.63, 3.8) is 0 Å². The number of methoxy groups -OCH3 is 3. The smallest absolute Gasteiger partial charge is 0.203 e.